The number of benzene rings is 2. The van der Waals surface area contributed by atoms with E-state index in [0.29, 0.717) is 23.5 Å². The van der Waals surface area contributed by atoms with Crippen molar-refractivity contribution >= 4 is 40.0 Å². The highest BCUT2D eigenvalue weighted by Crippen LogP contribution is 2.27. The van der Waals surface area contributed by atoms with Crippen LogP contribution in [0.4, 0.5) is 22.0 Å². The highest BCUT2D eigenvalue weighted by molar-refractivity contribution is 6.10. The van der Waals surface area contributed by atoms with Gasteiger partial charge in [0.2, 0.25) is 0 Å². The highest BCUT2D eigenvalue weighted by atomic mass is 16.2. The standard InChI is InChI=1S/C23H25N5O2/c1-2-24-23(30)26-18-10-7-9-17(15-18)25-22(29)19-14-16-8-3-4-11-20(16)27-21(19)28-12-5-6-13-28/h3-4,7-11,14-15H,2,5-6,12-13H2,1H3,(H,25,29)(H2,24,26,30). The lowest BCUT2D eigenvalue weighted by atomic mass is 10.1. The first-order valence-electron chi connectivity index (χ1n) is 10.2. The molecule has 1 saturated heterocycles. The van der Waals surface area contributed by atoms with Crippen LogP contribution in [0.25, 0.3) is 10.9 Å². The van der Waals surface area contributed by atoms with Crippen molar-refractivity contribution in [2.45, 2.75) is 19.8 Å². The Kier molecular flexibility index (Phi) is 5.79. The van der Waals surface area contributed by atoms with Crippen molar-refractivity contribution in [2.24, 2.45) is 0 Å². The Morgan fingerprint density at radius 3 is 2.47 bits per heavy atom. The molecule has 0 saturated carbocycles. The molecule has 7 nitrogen and oxygen atoms in total. The Morgan fingerprint density at radius 1 is 0.967 bits per heavy atom. The number of hydrogen-bond donors (Lipinski definition) is 3. The molecule has 1 aliphatic rings. The third-order valence-electron chi connectivity index (χ3n) is 5.07. The summed E-state index contributed by atoms with van der Waals surface area (Å²) in [5.41, 5.74) is 2.65. The number of rotatable bonds is 5. The third kappa shape index (κ3) is 4.35. The molecule has 154 valence electrons. The summed E-state index contributed by atoms with van der Waals surface area (Å²) in [6.45, 7) is 4.19. The number of amides is 3. The van der Waals surface area contributed by atoms with E-state index in [1.165, 1.54) is 0 Å². The smallest absolute Gasteiger partial charge is 0.319 e. The van der Waals surface area contributed by atoms with E-state index < -0.39 is 0 Å². The fourth-order valence-electron chi connectivity index (χ4n) is 3.65. The van der Waals surface area contributed by atoms with Crippen LogP contribution in [0.5, 0.6) is 0 Å². The van der Waals surface area contributed by atoms with Crippen LogP contribution < -0.4 is 20.9 Å². The lowest BCUT2D eigenvalue weighted by Gasteiger charge is -2.20. The summed E-state index contributed by atoms with van der Waals surface area (Å²) in [4.78, 5) is 31.9. The van der Waals surface area contributed by atoms with E-state index in [1.807, 2.05) is 37.3 Å². The maximum Gasteiger partial charge on any atom is 0.319 e. The molecule has 1 fully saturated rings. The van der Waals surface area contributed by atoms with Crippen LogP contribution in [0.2, 0.25) is 0 Å². The Balaban J connectivity index is 1.61. The first-order valence-corrected chi connectivity index (χ1v) is 10.2. The zero-order valence-electron chi connectivity index (χ0n) is 16.9. The summed E-state index contributed by atoms with van der Waals surface area (Å²) in [5.74, 6) is 0.505. The largest absolute Gasteiger partial charge is 0.356 e. The van der Waals surface area contributed by atoms with E-state index in [-0.39, 0.29) is 11.9 Å². The third-order valence-corrected chi connectivity index (χ3v) is 5.07. The van der Waals surface area contributed by atoms with Gasteiger partial charge in [0, 0.05) is 36.4 Å². The van der Waals surface area contributed by atoms with E-state index in [2.05, 4.69) is 20.9 Å². The lowest BCUT2D eigenvalue weighted by molar-refractivity contribution is 0.102. The predicted molar refractivity (Wildman–Crippen MR) is 120 cm³/mol. The van der Waals surface area contributed by atoms with Crippen molar-refractivity contribution in [1.82, 2.24) is 10.3 Å². The van der Waals surface area contributed by atoms with Crippen LogP contribution >= 0.6 is 0 Å². The number of aromatic nitrogens is 1. The fraction of sp³-hybridized carbons (Fsp3) is 0.261. The van der Waals surface area contributed by atoms with Gasteiger partial charge in [0.15, 0.2) is 0 Å². The zero-order chi connectivity index (χ0) is 20.9. The molecule has 0 unspecified atom stereocenters. The van der Waals surface area contributed by atoms with Gasteiger partial charge in [-0.2, -0.15) is 0 Å². The van der Waals surface area contributed by atoms with Crippen LogP contribution in [0.3, 0.4) is 0 Å². The van der Waals surface area contributed by atoms with Crippen molar-refractivity contribution < 1.29 is 9.59 Å². The molecule has 2 aromatic carbocycles. The second kappa shape index (κ2) is 8.82. The molecule has 1 aliphatic heterocycles. The minimum Gasteiger partial charge on any atom is -0.356 e. The number of hydrogen-bond acceptors (Lipinski definition) is 4. The van der Waals surface area contributed by atoms with Crippen molar-refractivity contribution in [2.75, 3.05) is 35.2 Å². The summed E-state index contributed by atoms with van der Waals surface area (Å²) in [7, 11) is 0. The van der Waals surface area contributed by atoms with Gasteiger partial charge in [0.1, 0.15) is 5.82 Å². The highest BCUT2D eigenvalue weighted by Gasteiger charge is 2.22. The number of fused-ring (bicyclic) bond motifs is 1. The van der Waals surface area contributed by atoms with Crippen LogP contribution in [-0.4, -0.2) is 36.6 Å². The number of anilines is 3. The average Bonchev–Trinajstić information content (AvgIpc) is 3.28. The lowest BCUT2D eigenvalue weighted by Crippen LogP contribution is -2.28. The summed E-state index contributed by atoms with van der Waals surface area (Å²) in [5, 5.41) is 9.32. The summed E-state index contributed by atoms with van der Waals surface area (Å²) in [6.07, 6.45) is 2.20. The summed E-state index contributed by atoms with van der Waals surface area (Å²) >= 11 is 0. The Hall–Kier alpha value is -3.61. The topological polar surface area (TPSA) is 86.4 Å². The second-order valence-electron chi connectivity index (χ2n) is 7.27. The molecule has 0 radical (unpaired) electrons. The van der Waals surface area contributed by atoms with Crippen LogP contribution in [0.1, 0.15) is 30.1 Å². The molecule has 2 heterocycles. The number of pyridine rings is 1. The Bertz CT molecular complexity index is 1080. The number of para-hydroxylation sites is 1. The molecule has 4 rings (SSSR count). The van der Waals surface area contributed by atoms with Crippen LogP contribution in [0.15, 0.2) is 54.6 Å². The molecule has 3 N–H and O–H groups in total. The summed E-state index contributed by atoms with van der Waals surface area (Å²) in [6, 6.07) is 16.5. The molecule has 0 atom stereocenters. The molecule has 3 amide bonds. The van der Waals surface area contributed by atoms with E-state index in [0.717, 1.165) is 42.7 Å². The second-order valence-corrected chi connectivity index (χ2v) is 7.27. The molecule has 30 heavy (non-hydrogen) atoms. The maximum absolute atomic E-state index is 13.2. The van der Waals surface area contributed by atoms with E-state index in [9.17, 15) is 9.59 Å². The molecule has 0 spiro atoms. The van der Waals surface area contributed by atoms with E-state index in [1.54, 1.807) is 24.3 Å². The number of carbonyl (C=O) groups excluding carboxylic acids is 2. The van der Waals surface area contributed by atoms with Gasteiger partial charge in [0.05, 0.1) is 11.1 Å². The number of nitrogens with zero attached hydrogens (tertiary/aromatic N) is 2. The van der Waals surface area contributed by atoms with Crippen molar-refractivity contribution in [3.05, 3.63) is 60.2 Å². The number of carbonyl (C=O) groups is 2. The van der Waals surface area contributed by atoms with E-state index >= 15 is 0 Å². The minimum absolute atomic E-state index is 0.217. The Morgan fingerprint density at radius 2 is 1.70 bits per heavy atom. The molecule has 0 aliphatic carbocycles. The molecule has 3 aromatic rings. The number of nitrogens with one attached hydrogen (secondary N) is 3. The predicted octanol–water partition coefficient (Wildman–Crippen LogP) is 4.23. The van der Waals surface area contributed by atoms with Crippen LogP contribution in [0, 0.1) is 0 Å². The van der Waals surface area contributed by atoms with Gasteiger partial charge in [-0.3, -0.25) is 4.79 Å². The molecular formula is C23H25N5O2. The molecule has 1 aromatic heterocycles. The normalized spacial score (nSPS) is 13.3. The van der Waals surface area contributed by atoms with Gasteiger partial charge >= 0.3 is 6.03 Å². The van der Waals surface area contributed by atoms with E-state index in [4.69, 9.17) is 4.98 Å². The van der Waals surface area contributed by atoms with Crippen molar-refractivity contribution in [3.8, 4) is 0 Å². The first kappa shape index (κ1) is 19.7. The van der Waals surface area contributed by atoms with Crippen molar-refractivity contribution in [1.29, 1.82) is 0 Å². The summed E-state index contributed by atoms with van der Waals surface area (Å²) < 4.78 is 0. The van der Waals surface area contributed by atoms with Crippen molar-refractivity contribution in [3.63, 3.8) is 0 Å². The SMILES string of the molecule is CCNC(=O)Nc1cccc(NC(=O)c2cc3ccccc3nc2N2CCCC2)c1. The van der Waals surface area contributed by atoms with Gasteiger partial charge in [0.25, 0.3) is 5.91 Å². The minimum atomic E-state index is -0.281. The van der Waals surface area contributed by atoms with Gasteiger partial charge in [-0.25, -0.2) is 9.78 Å². The van der Waals surface area contributed by atoms with Gasteiger partial charge in [-0.15, -0.1) is 0 Å². The van der Waals surface area contributed by atoms with Gasteiger partial charge < -0.3 is 20.9 Å². The molecule has 0 bridgehead atoms. The van der Waals surface area contributed by atoms with Gasteiger partial charge in [-0.05, 0) is 50.1 Å². The average molecular weight is 403 g/mol. The van der Waals surface area contributed by atoms with Crippen LogP contribution in [-0.2, 0) is 0 Å². The molecular weight excluding hydrogens is 378 g/mol. The Labute approximate surface area is 175 Å². The first-order chi connectivity index (χ1) is 14.6. The zero-order valence-corrected chi connectivity index (χ0v) is 16.9. The number of urea groups is 1. The quantitative estimate of drug-likeness (QED) is 0.595. The maximum atomic E-state index is 13.2. The fourth-order valence-corrected chi connectivity index (χ4v) is 3.65. The van der Waals surface area contributed by atoms with Gasteiger partial charge in [-0.1, -0.05) is 24.3 Å². The molecule has 7 heteroatoms. The monoisotopic (exact) mass is 403 g/mol.